The van der Waals surface area contributed by atoms with E-state index in [0.717, 1.165) is 11.1 Å². The highest BCUT2D eigenvalue weighted by Gasteiger charge is 2.12. The second-order valence-electron chi connectivity index (χ2n) is 4.20. The standard InChI is InChI=1S/C14H15N5O/c1-10-5-6-11(4-3-7-15)8-12(10)13(20)18-14-16-9-17-19(14)2/h5-6,8-9H,7,15H2,1-2H3,(H,16,17,18,20). The fourth-order valence-electron chi connectivity index (χ4n) is 1.68. The summed E-state index contributed by atoms with van der Waals surface area (Å²) in [6.45, 7) is 2.15. The molecule has 0 aliphatic heterocycles. The average Bonchev–Trinajstić information content (AvgIpc) is 2.83. The number of carbonyl (C=O) groups excluding carboxylic acids is 1. The van der Waals surface area contributed by atoms with Crippen LogP contribution in [0, 0.1) is 18.8 Å². The molecule has 1 heterocycles. The predicted octanol–water partition coefficient (Wildman–Crippen LogP) is 0.686. The van der Waals surface area contributed by atoms with Crippen LogP contribution in [-0.2, 0) is 7.05 Å². The molecule has 1 amide bonds. The summed E-state index contributed by atoms with van der Waals surface area (Å²) in [5.41, 5.74) is 7.51. The number of rotatable bonds is 2. The number of anilines is 1. The van der Waals surface area contributed by atoms with Crippen LogP contribution >= 0.6 is 0 Å². The van der Waals surface area contributed by atoms with Crippen molar-refractivity contribution in [2.75, 3.05) is 11.9 Å². The molecule has 0 aliphatic rings. The Morgan fingerprint density at radius 3 is 2.95 bits per heavy atom. The summed E-state index contributed by atoms with van der Waals surface area (Å²) >= 11 is 0. The molecule has 20 heavy (non-hydrogen) atoms. The van der Waals surface area contributed by atoms with Crippen molar-refractivity contribution in [1.82, 2.24) is 14.8 Å². The van der Waals surface area contributed by atoms with Gasteiger partial charge in [0.1, 0.15) is 6.33 Å². The highest BCUT2D eigenvalue weighted by Crippen LogP contribution is 2.12. The molecule has 0 saturated heterocycles. The monoisotopic (exact) mass is 269 g/mol. The zero-order chi connectivity index (χ0) is 14.5. The van der Waals surface area contributed by atoms with Crippen LogP contribution in [0.3, 0.4) is 0 Å². The Morgan fingerprint density at radius 2 is 2.30 bits per heavy atom. The van der Waals surface area contributed by atoms with Crippen LogP contribution in [0.1, 0.15) is 21.5 Å². The molecule has 1 aromatic heterocycles. The molecule has 0 radical (unpaired) electrons. The largest absolute Gasteiger partial charge is 0.320 e. The number of aryl methyl sites for hydroxylation is 2. The van der Waals surface area contributed by atoms with E-state index < -0.39 is 0 Å². The molecule has 2 aromatic rings. The van der Waals surface area contributed by atoms with Gasteiger partial charge in [-0.1, -0.05) is 17.9 Å². The van der Waals surface area contributed by atoms with Gasteiger partial charge < -0.3 is 5.73 Å². The van der Waals surface area contributed by atoms with Gasteiger partial charge in [-0.05, 0) is 24.6 Å². The highest BCUT2D eigenvalue weighted by atomic mass is 16.1. The minimum absolute atomic E-state index is 0.241. The van der Waals surface area contributed by atoms with Gasteiger partial charge in [0.05, 0.1) is 6.54 Å². The van der Waals surface area contributed by atoms with Crippen LogP contribution in [0.25, 0.3) is 0 Å². The van der Waals surface area contributed by atoms with Crippen molar-refractivity contribution in [3.05, 3.63) is 41.2 Å². The van der Waals surface area contributed by atoms with Crippen molar-refractivity contribution in [2.24, 2.45) is 12.8 Å². The first kappa shape index (κ1) is 13.8. The summed E-state index contributed by atoms with van der Waals surface area (Å²) in [5, 5.41) is 6.61. The van der Waals surface area contributed by atoms with Gasteiger partial charge in [-0.25, -0.2) is 4.68 Å². The molecule has 0 aliphatic carbocycles. The van der Waals surface area contributed by atoms with E-state index >= 15 is 0 Å². The molecule has 0 atom stereocenters. The summed E-state index contributed by atoms with van der Waals surface area (Å²) in [6.07, 6.45) is 1.38. The van der Waals surface area contributed by atoms with Crippen LogP contribution in [0.4, 0.5) is 5.95 Å². The van der Waals surface area contributed by atoms with Gasteiger partial charge >= 0.3 is 0 Å². The Labute approximate surface area is 117 Å². The third-order valence-electron chi connectivity index (χ3n) is 2.75. The van der Waals surface area contributed by atoms with Crippen molar-refractivity contribution in [3.63, 3.8) is 0 Å². The van der Waals surface area contributed by atoms with E-state index in [-0.39, 0.29) is 12.5 Å². The Kier molecular flexibility index (Phi) is 4.13. The van der Waals surface area contributed by atoms with Gasteiger partial charge in [-0.3, -0.25) is 10.1 Å². The first-order valence-electron chi connectivity index (χ1n) is 6.06. The maximum atomic E-state index is 12.2. The molecule has 0 saturated carbocycles. The van der Waals surface area contributed by atoms with Gasteiger partial charge in [0.2, 0.25) is 5.95 Å². The van der Waals surface area contributed by atoms with Crippen molar-refractivity contribution in [3.8, 4) is 11.8 Å². The molecular formula is C14H15N5O. The molecule has 6 heteroatoms. The third-order valence-corrected chi connectivity index (χ3v) is 2.75. The van der Waals surface area contributed by atoms with Gasteiger partial charge in [-0.15, -0.1) is 0 Å². The molecule has 3 N–H and O–H groups in total. The average molecular weight is 269 g/mol. The summed E-state index contributed by atoms with van der Waals surface area (Å²) in [7, 11) is 1.71. The number of benzene rings is 1. The second-order valence-corrected chi connectivity index (χ2v) is 4.20. The number of aromatic nitrogens is 3. The number of nitrogens with zero attached hydrogens (tertiary/aromatic N) is 3. The Morgan fingerprint density at radius 1 is 1.50 bits per heavy atom. The lowest BCUT2D eigenvalue weighted by molar-refractivity contribution is 0.102. The van der Waals surface area contributed by atoms with E-state index in [9.17, 15) is 4.79 Å². The van der Waals surface area contributed by atoms with Gasteiger partial charge in [0.15, 0.2) is 0 Å². The van der Waals surface area contributed by atoms with Gasteiger partial charge in [0, 0.05) is 18.2 Å². The topological polar surface area (TPSA) is 85.8 Å². The number of carbonyl (C=O) groups is 1. The lowest BCUT2D eigenvalue weighted by Gasteiger charge is -2.07. The molecule has 0 unspecified atom stereocenters. The van der Waals surface area contributed by atoms with Gasteiger partial charge in [0.25, 0.3) is 5.91 Å². The van der Waals surface area contributed by atoms with Crippen molar-refractivity contribution in [2.45, 2.75) is 6.92 Å². The fraction of sp³-hybridized carbons (Fsp3) is 0.214. The predicted molar refractivity (Wildman–Crippen MR) is 76.1 cm³/mol. The minimum atomic E-state index is -0.241. The molecule has 0 fully saturated rings. The Balaban J connectivity index is 2.27. The lowest BCUT2D eigenvalue weighted by Crippen LogP contribution is -2.16. The smallest absolute Gasteiger partial charge is 0.258 e. The maximum absolute atomic E-state index is 12.2. The first-order valence-corrected chi connectivity index (χ1v) is 6.06. The molecule has 0 bridgehead atoms. The fourth-order valence-corrected chi connectivity index (χ4v) is 1.68. The summed E-state index contributed by atoms with van der Waals surface area (Å²) in [5.74, 6) is 5.83. The molecule has 1 aromatic carbocycles. The Bertz CT molecular complexity index is 693. The maximum Gasteiger partial charge on any atom is 0.258 e. The molecule has 6 nitrogen and oxygen atoms in total. The van der Waals surface area contributed by atoms with Crippen LogP contribution in [0.5, 0.6) is 0 Å². The normalized spacial score (nSPS) is 9.75. The zero-order valence-electron chi connectivity index (χ0n) is 11.3. The number of hydrogen-bond acceptors (Lipinski definition) is 4. The van der Waals surface area contributed by atoms with Crippen molar-refractivity contribution < 1.29 is 4.79 Å². The van der Waals surface area contributed by atoms with Crippen LogP contribution < -0.4 is 11.1 Å². The van der Waals surface area contributed by atoms with Crippen LogP contribution in [0.15, 0.2) is 24.5 Å². The van der Waals surface area contributed by atoms with Crippen molar-refractivity contribution in [1.29, 1.82) is 0 Å². The lowest BCUT2D eigenvalue weighted by atomic mass is 10.0. The Hall–Kier alpha value is -2.65. The summed E-state index contributed by atoms with van der Waals surface area (Å²) in [4.78, 5) is 16.2. The first-order chi connectivity index (χ1) is 9.61. The number of nitrogens with two attached hydrogens (primary N) is 1. The highest BCUT2D eigenvalue weighted by molar-refractivity contribution is 6.04. The van der Waals surface area contributed by atoms with Crippen LogP contribution in [-0.4, -0.2) is 27.2 Å². The quantitative estimate of drug-likeness (QED) is 0.785. The summed E-state index contributed by atoms with van der Waals surface area (Å²) < 4.78 is 1.49. The van der Waals surface area contributed by atoms with E-state index in [4.69, 9.17) is 5.73 Å². The number of nitrogens with one attached hydrogen (secondary N) is 1. The minimum Gasteiger partial charge on any atom is -0.320 e. The summed E-state index contributed by atoms with van der Waals surface area (Å²) in [6, 6.07) is 5.45. The molecule has 0 spiro atoms. The van der Waals surface area contributed by atoms with Crippen molar-refractivity contribution >= 4 is 11.9 Å². The van der Waals surface area contributed by atoms with E-state index in [1.165, 1.54) is 11.0 Å². The zero-order valence-corrected chi connectivity index (χ0v) is 11.3. The van der Waals surface area contributed by atoms with E-state index in [2.05, 4.69) is 27.2 Å². The third kappa shape index (κ3) is 3.02. The molecule has 2 rings (SSSR count). The van der Waals surface area contributed by atoms with E-state index in [1.807, 2.05) is 19.1 Å². The molecule has 102 valence electrons. The number of hydrogen-bond donors (Lipinski definition) is 2. The molecular weight excluding hydrogens is 254 g/mol. The van der Waals surface area contributed by atoms with E-state index in [1.54, 1.807) is 13.1 Å². The second kappa shape index (κ2) is 5.99. The SMILES string of the molecule is Cc1ccc(C#CCN)cc1C(=O)Nc1ncnn1C. The van der Waals surface area contributed by atoms with Crippen LogP contribution in [0.2, 0.25) is 0 Å². The van der Waals surface area contributed by atoms with Gasteiger partial charge in [-0.2, -0.15) is 10.1 Å². The van der Waals surface area contributed by atoms with E-state index in [0.29, 0.717) is 11.5 Å². The number of amides is 1.